The van der Waals surface area contributed by atoms with Crippen molar-refractivity contribution >= 4 is 5.91 Å². The number of carbonyl (C=O) groups is 1. The molecule has 6 heteroatoms. The maximum atomic E-state index is 11.7. The predicted octanol–water partition coefficient (Wildman–Crippen LogP) is 1.13. The molecule has 0 radical (unpaired) electrons. The van der Waals surface area contributed by atoms with Crippen LogP contribution in [0, 0.1) is 0 Å². The Morgan fingerprint density at radius 1 is 1.43 bits per heavy atom. The molecule has 2 N–H and O–H groups in total. The molecule has 1 atom stereocenters. The Balaban J connectivity index is 1.74. The van der Waals surface area contributed by atoms with Crippen LogP contribution in [-0.2, 0) is 11.3 Å². The third-order valence-corrected chi connectivity index (χ3v) is 3.12. The van der Waals surface area contributed by atoms with Crippen molar-refractivity contribution in [3.05, 3.63) is 48.3 Å². The third kappa shape index (κ3) is 4.61. The molecule has 0 saturated carbocycles. The molecule has 1 amide bonds. The Kier molecular flexibility index (Phi) is 5.34. The highest BCUT2D eigenvalue weighted by molar-refractivity contribution is 5.75. The first-order chi connectivity index (χ1) is 10.2. The maximum Gasteiger partial charge on any atom is 0.221 e. The van der Waals surface area contributed by atoms with Crippen molar-refractivity contribution in [1.29, 1.82) is 0 Å². The quantitative estimate of drug-likeness (QED) is 0.801. The van der Waals surface area contributed by atoms with E-state index in [-0.39, 0.29) is 12.5 Å². The number of aliphatic hydroxyl groups excluding tert-OH is 1. The molecule has 0 aliphatic rings. The van der Waals surface area contributed by atoms with Gasteiger partial charge in [0.2, 0.25) is 5.91 Å². The molecule has 0 bridgehead atoms. The topological polar surface area (TPSA) is 76.4 Å². The van der Waals surface area contributed by atoms with Crippen LogP contribution in [0.5, 0.6) is 5.75 Å². The summed E-state index contributed by atoms with van der Waals surface area (Å²) in [7, 11) is 1.59. The Morgan fingerprint density at radius 2 is 2.19 bits per heavy atom. The summed E-state index contributed by atoms with van der Waals surface area (Å²) >= 11 is 0. The molecule has 2 aromatic rings. The van der Waals surface area contributed by atoms with E-state index >= 15 is 0 Å². The van der Waals surface area contributed by atoms with Gasteiger partial charge in [-0.15, -0.1) is 0 Å². The molecule has 21 heavy (non-hydrogen) atoms. The van der Waals surface area contributed by atoms with E-state index in [4.69, 9.17) is 4.74 Å². The van der Waals surface area contributed by atoms with Crippen LogP contribution < -0.4 is 10.1 Å². The summed E-state index contributed by atoms with van der Waals surface area (Å²) < 4.78 is 6.75. The van der Waals surface area contributed by atoms with Gasteiger partial charge in [-0.25, -0.2) is 0 Å². The Labute approximate surface area is 123 Å². The molecule has 1 heterocycles. The number of ether oxygens (including phenoxy) is 1. The van der Waals surface area contributed by atoms with E-state index in [1.165, 1.54) is 0 Å². The van der Waals surface area contributed by atoms with Crippen LogP contribution in [-0.4, -0.2) is 34.4 Å². The molecule has 0 aliphatic carbocycles. The van der Waals surface area contributed by atoms with E-state index in [1.54, 1.807) is 48.5 Å². The van der Waals surface area contributed by atoms with Crippen LogP contribution in [0.15, 0.2) is 42.7 Å². The molecule has 1 unspecified atom stereocenters. The Bertz CT molecular complexity index is 552. The second-order valence-corrected chi connectivity index (χ2v) is 4.61. The van der Waals surface area contributed by atoms with Crippen LogP contribution in [0.25, 0.3) is 0 Å². The first-order valence-electron chi connectivity index (χ1n) is 6.75. The Hall–Kier alpha value is -2.34. The first kappa shape index (κ1) is 15.1. The molecule has 0 spiro atoms. The second-order valence-electron chi connectivity index (χ2n) is 4.61. The van der Waals surface area contributed by atoms with Gasteiger partial charge in [-0.1, -0.05) is 12.1 Å². The Morgan fingerprint density at radius 3 is 2.81 bits per heavy atom. The van der Waals surface area contributed by atoms with Crippen LogP contribution >= 0.6 is 0 Å². The minimum atomic E-state index is -0.732. The van der Waals surface area contributed by atoms with Gasteiger partial charge in [0.25, 0.3) is 0 Å². The van der Waals surface area contributed by atoms with Crippen molar-refractivity contribution in [3.63, 3.8) is 0 Å². The highest BCUT2D eigenvalue weighted by Crippen LogP contribution is 2.16. The van der Waals surface area contributed by atoms with Crippen molar-refractivity contribution in [3.8, 4) is 5.75 Å². The number of aromatic nitrogens is 2. The van der Waals surface area contributed by atoms with E-state index in [9.17, 15) is 9.90 Å². The summed E-state index contributed by atoms with van der Waals surface area (Å²) in [4.78, 5) is 11.7. The minimum Gasteiger partial charge on any atom is -0.497 e. The smallest absolute Gasteiger partial charge is 0.221 e. The van der Waals surface area contributed by atoms with Crippen molar-refractivity contribution in [2.75, 3.05) is 13.7 Å². The van der Waals surface area contributed by atoms with E-state index in [0.29, 0.717) is 13.0 Å². The monoisotopic (exact) mass is 289 g/mol. The van der Waals surface area contributed by atoms with Crippen molar-refractivity contribution < 1.29 is 14.6 Å². The largest absolute Gasteiger partial charge is 0.497 e. The van der Waals surface area contributed by atoms with Crippen LogP contribution in [0.1, 0.15) is 18.1 Å². The van der Waals surface area contributed by atoms with E-state index in [0.717, 1.165) is 11.3 Å². The number of aryl methyl sites for hydroxylation is 1. The van der Waals surface area contributed by atoms with Crippen molar-refractivity contribution in [2.24, 2.45) is 0 Å². The zero-order valence-corrected chi connectivity index (χ0v) is 11.9. The van der Waals surface area contributed by atoms with Crippen LogP contribution in [0.4, 0.5) is 0 Å². The van der Waals surface area contributed by atoms with Gasteiger partial charge in [-0.2, -0.15) is 5.10 Å². The van der Waals surface area contributed by atoms with Crippen LogP contribution in [0.2, 0.25) is 0 Å². The van der Waals surface area contributed by atoms with Gasteiger partial charge < -0.3 is 15.2 Å². The lowest BCUT2D eigenvalue weighted by atomic mass is 10.1. The summed E-state index contributed by atoms with van der Waals surface area (Å²) in [5, 5.41) is 16.7. The lowest BCUT2D eigenvalue weighted by molar-refractivity contribution is -0.121. The molecule has 0 fully saturated rings. The van der Waals surface area contributed by atoms with Gasteiger partial charge >= 0.3 is 0 Å². The summed E-state index contributed by atoms with van der Waals surface area (Å²) in [5.41, 5.74) is 0.739. The fourth-order valence-corrected chi connectivity index (χ4v) is 1.89. The van der Waals surface area contributed by atoms with Gasteiger partial charge in [0.1, 0.15) is 5.75 Å². The van der Waals surface area contributed by atoms with Gasteiger partial charge in [-0.3, -0.25) is 9.48 Å². The zero-order chi connectivity index (χ0) is 15.1. The molecular weight excluding hydrogens is 270 g/mol. The number of aliphatic hydroxyl groups is 1. The molecule has 2 rings (SSSR count). The fourth-order valence-electron chi connectivity index (χ4n) is 1.89. The lowest BCUT2D eigenvalue weighted by Crippen LogP contribution is -2.29. The average Bonchev–Trinajstić information content (AvgIpc) is 3.04. The number of methoxy groups -OCH3 is 1. The SMILES string of the molecule is COc1ccc(C(O)CNC(=O)CCn2cccn2)cc1. The highest BCUT2D eigenvalue weighted by atomic mass is 16.5. The standard InChI is InChI=1S/C15H19N3O3/c1-21-13-5-3-12(4-6-13)14(19)11-16-15(20)7-10-18-9-2-8-17-18/h2-6,8-9,14,19H,7,10-11H2,1H3,(H,16,20). The number of rotatable bonds is 7. The summed E-state index contributed by atoms with van der Waals surface area (Å²) in [5.74, 6) is 0.618. The molecule has 112 valence electrons. The number of hydrogen-bond donors (Lipinski definition) is 2. The molecule has 1 aromatic heterocycles. The summed E-state index contributed by atoms with van der Waals surface area (Å²) in [6.07, 6.45) is 3.08. The molecule has 0 aliphatic heterocycles. The lowest BCUT2D eigenvalue weighted by Gasteiger charge is -2.13. The number of benzene rings is 1. The highest BCUT2D eigenvalue weighted by Gasteiger charge is 2.09. The third-order valence-electron chi connectivity index (χ3n) is 3.12. The number of nitrogens with one attached hydrogen (secondary N) is 1. The van der Waals surface area contributed by atoms with Gasteiger partial charge in [-0.05, 0) is 23.8 Å². The van der Waals surface area contributed by atoms with Crippen LogP contribution in [0.3, 0.4) is 0 Å². The normalized spacial score (nSPS) is 11.9. The number of hydrogen-bond acceptors (Lipinski definition) is 4. The van der Waals surface area contributed by atoms with Crippen molar-refractivity contribution in [2.45, 2.75) is 19.1 Å². The van der Waals surface area contributed by atoms with Gasteiger partial charge in [0, 0.05) is 31.9 Å². The molecule has 1 aromatic carbocycles. The van der Waals surface area contributed by atoms with Gasteiger partial charge in [0.05, 0.1) is 13.2 Å². The fraction of sp³-hybridized carbons (Fsp3) is 0.333. The predicted molar refractivity (Wildman–Crippen MR) is 77.8 cm³/mol. The minimum absolute atomic E-state index is 0.113. The second kappa shape index (κ2) is 7.44. The van der Waals surface area contributed by atoms with E-state index in [2.05, 4.69) is 10.4 Å². The van der Waals surface area contributed by atoms with Crippen molar-refractivity contribution in [1.82, 2.24) is 15.1 Å². The molecule has 6 nitrogen and oxygen atoms in total. The zero-order valence-electron chi connectivity index (χ0n) is 11.9. The maximum absolute atomic E-state index is 11.7. The summed E-state index contributed by atoms with van der Waals surface area (Å²) in [6.45, 7) is 0.710. The molecular formula is C15H19N3O3. The average molecular weight is 289 g/mol. The first-order valence-corrected chi connectivity index (χ1v) is 6.75. The summed E-state index contributed by atoms with van der Waals surface area (Å²) in [6, 6.07) is 8.92. The number of carbonyl (C=O) groups excluding carboxylic acids is 1. The van der Waals surface area contributed by atoms with Gasteiger partial charge in [0.15, 0.2) is 0 Å². The van der Waals surface area contributed by atoms with E-state index in [1.807, 2.05) is 6.07 Å². The number of nitrogens with zero attached hydrogens (tertiary/aromatic N) is 2. The van der Waals surface area contributed by atoms with E-state index < -0.39 is 6.10 Å². The number of amides is 1. The molecule has 0 saturated heterocycles.